The van der Waals surface area contributed by atoms with Crippen molar-refractivity contribution in [3.63, 3.8) is 0 Å². The fraction of sp³-hybridized carbons (Fsp3) is 0.231. The number of carbonyl (C=O) groups excluding carboxylic acids is 1. The Kier molecular flexibility index (Phi) is 2.83. The Morgan fingerprint density at radius 1 is 1.26 bits per heavy atom. The molecule has 0 aliphatic heterocycles. The SMILES string of the molecule is Cn1ncnc1CC(=O)Cn1cnc2ccccc21. The van der Waals surface area contributed by atoms with E-state index in [0.717, 1.165) is 11.0 Å². The fourth-order valence-electron chi connectivity index (χ4n) is 2.04. The maximum absolute atomic E-state index is 12.0. The zero-order valence-electron chi connectivity index (χ0n) is 10.5. The first kappa shape index (κ1) is 11.6. The van der Waals surface area contributed by atoms with Crippen LogP contribution in [0.3, 0.4) is 0 Å². The number of imidazole rings is 1. The van der Waals surface area contributed by atoms with Gasteiger partial charge in [-0.15, -0.1) is 0 Å². The number of rotatable bonds is 4. The molecule has 0 spiro atoms. The molecule has 2 aromatic heterocycles. The molecular weight excluding hydrogens is 242 g/mol. The summed E-state index contributed by atoms with van der Waals surface area (Å²) in [5, 5.41) is 3.95. The summed E-state index contributed by atoms with van der Waals surface area (Å²) in [6.45, 7) is 0.299. The van der Waals surface area contributed by atoms with Crippen molar-refractivity contribution in [2.45, 2.75) is 13.0 Å². The van der Waals surface area contributed by atoms with E-state index in [9.17, 15) is 4.79 Å². The van der Waals surface area contributed by atoms with Crippen LogP contribution in [-0.4, -0.2) is 30.1 Å². The molecule has 6 heteroatoms. The van der Waals surface area contributed by atoms with Gasteiger partial charge < -0.3 is 4.57 Å². The first-order valence-electron chi connectivity index (χ1n) is 5.98. The van der Waals surface area contributed by atoms with Crippen LogP contribution in [0.2, 0.25) is 0 Å². The molecule has 0 N–H and O–H groups in total. The van der Waals surface area contributed by atoms with Gasteiger partial charge in [-0.05, 0) is 12.1 Å². The topological polar surface area (TPSA) is 65.6 Å². The van der Waals surface area contributed by atoms with Crippen LogP contribution in [0.5, 0.6) is 0 Å². The zero-order valence-corrected chi connectivity index (χ0v) is 10.5. The summed E-state index contributed by atoms with van der Waals surface area (Å²) in [7, 11) is 1.78. The van der Waals surface area contributed by atoms with Crippen LogP contribution >= 0.6 is 0 Å². The Labute approximate surface area is 109 Å². The van der Waals surface area contributed by atoms with Crippen molar-refractivity contribution in [2.24, 2.45) is 7.05 Å². The number of fused-ring (bicyclic) bond motifs is 1. The van der Waals surface area contributed by atoms with E-state index >= 15 is 0 Å². The lowest BCUT2D eigenvalue weighted by atomic mass is 10.2. The number of benzene rings is 1. The first-order valence-corrected chi connectivity index (χ1v) is 5.98. The minimum atomic E-state index is 0.0826. The number of ketones is 1. The van der Waals surface area contributed by atoms with E-state index in [1.54, 1.807) is 18.1 Å². The maximum Gasteiger partial charge on any atom is 0.160 e. The lowest BCUT2D eigenvalue weighted by Gasteiger charge is -2.03. The van der Waals surface area contributed by atoms with Crippen LogP contribution in [0.15, 0.2) is 36.9 Å². The average Bonchev–Trinajstić information content (AvgIpc) is 2.98. The first-order chi connectivity index (χ1) is 9.24. The van der Waals surface area contributed by atoms with Gasteiger partial charge in [0, 0.05) is 7.05 Å². The zero-order chi connectivity index (χ0) is 13.2. The molecule has 0 saturated carbocycles. The van der Waals surface area contributed by atoms with Gasteiger partial charge in [0.2, 0.25) is 0 Å². The lowest BCUT2D eigenvalue weighted by Crippen LogP contribution is -2.14. The number of carbonyl (C=O) groups is 1. The Morgan fingerprint density at radius 3 is 2.89 bits per heavy atom. The molecule has 0 aliphatic rings. The molecule has 0 radical (unpaired) electrons. The number of aromatic nitrogens is 5. The molecule has 0 amide bonds. The lowest BCUT2D eigenvalue weighted by molar-refractivity contribution is -0.119. The maximum atomic E-state index is 12.0. The van der Waals surface area contributed by atoms with Crippen molar-refractivity contribution >= 4 is 16.8 Å². The molecule has 0 unspecified atom stereocenters. The van der Waals surface area contributed by atoms with Gasteiger partial charge in [-0.1, -0.05) is 12.1 Å². The highest BCUT2D eigenvalue weighted by molar-refractivity contribution is 5.82. The van der Waals surface area contributed by atoms with Gasteiger partial charge in [0.05, 0.1) is 30.3 Å². The minimum absolute atomic E-state index is 0.0826. The molecule has 0 bridgehead atoms. The van der Waals surface area contributed by atoms with E-state index in [1.807, 2.05) is 28.8 Å². The fourth-order valence-corrected chi connectivity index (χ4v) is 2.04. The molecule has 19 heavy (non-hydrogen) atoms. The summed E-state index contributed by atoms with van der Waals surface area (Å²) in [6, 6.07) is 7.76. The van der Waals surface area contributed by atoms with Gasteiger partial charge in [0.25, 0.3) is 0 Å². The second-order valence-corrected chi connectivity index (χ2v) is 4.38. The monoisotopic (exact) mass is 255 g/mol. The van der Waals surface area contributed by atoms with Crippen molar-refractivity contribution in [3.8, 4) is 0 Å². The van der Waals surface area contributed by atoms with Crippen LogP contribution in [0.25, 0.3) is 11.0 Å². The van der Waals surface area contributed by atoms with E-state index in [-0.39, 0.29) is 12.2 Å². The average molecular weight is 255 g/mol. The van der Waals surface area contributed by atoms with E-state index in [1.165, 1.54) is 6.33 Å². The number of nitrogens with zero attached hydrogens (tertiary/aromatic N) is 5. The van der Waals surface area contributed by atoms with Crippen LogP contribution < -0.4 is 0 Å². The summed E-state index contributed by atoms with van der Waals surface area (Å²) in [5.74, 6) is 0.758. The third kappa shape index (κ3) is 2.24. The molecule has 0 fully saturated rings. The summed E-state index contributed by atoms with van der Waals surface area (Å²) in [4.78, 5) is 20.4. The van der Waals surface area contributed by atoms with Gasteiger partial charge in [-0.3, -0.25) is 9.48 Å². The van der Waals surface area contributed by atoms with E-state index < -0.39 is 0 Å². The Bertz CT molecular complexity index is 727. The van der Waals surface area contributed by atoms with Crippen molar-refractivity contribution in [1.82, 2.24) is 24.3 Å². The van der Waals surface area contributed by atoms with E-state index in [4.69, 9.17) is 0 Å². The van der Waals surface area contributed by atoms with Gasteiger partial charge in [-0.25, -0.2) is 9.97 Å². The summed E-state index contributed by atoms with van der Waals surface area (Å²) in [5.41, 5.74) is 1.86. The Balaban J connectivity index is 1.78. The number of aryl methyl sites for hydroxylation is 1. The molecule has 2 heterocycles. The molecule has 96 valence electrons. The number of Topliss-reactive ketones (excluding diaryl/α,β-unsaturated/α-hetero) is 1. The predicted octanol–water partition coefficient (Wildman–Crippen LogP) is 0.977. The van der Waals surface area contributed by atoms with Gasteiger partial charge >= 0.3 is 0 Å². The third-order valence-electron chi connectivity index (χ3n) is 3.03. The molecule has 1 aromatic carbocycles. The standard InChI is InChI=1S/C13H13N5O/c1-17-13(14-8-16-17)6-10(19)7-18-9-15-11-4-2-3-5-12(11)18/h2-5,8-9H,6-7H2,1H3. The quantitative estimate of drug-likeness (QED) is 0.697. The normalized spacial score (nSPS) is 11.0. The van der Waals surface area contributed by atoms with Crippen molar-refractivity contribution in [3.05, 3.63) is 42.7 Å². The third-order valence-corrected chi connectivity index (χ3v) is 3.03. The van der Waals surface area contributed by atoms with Crippen LogP contribution in [0.1, 0.15) is 5.82 Å². The van der Waals surface area contributed by atoms with E-state index in [0.29, 0.717) is 12.4 Å². The largest absolute Gasteiger partial charge is 0.323 e. The van der Waals surface area contributed by atoms with Crippen LogP contribution in [0.4, 0.5) is 0 Å². The highest BCUT2D eigenvalue weighted by atomic mass is 16.1. The van der Waals surface area contributed by atoms with Crippen LogP contribution in [0, 0.1) is 0 Å². The Hall–Kier alpha value is -2.50. The molecular formula is C13H13N5O. The van der Waals surface area contributed by atoms with Gasteiger partial charge in [0.15, 0.2) is 5.78 Å². The Morgan fingerprint density at radius 2 is 2.11 bits per heavy atom. The highest BCUT2D eigenvalue weighted by Crippen LogP contribution is 2.11. The molecule has 6 nitrogen and oxygen atoms in total. The molecule has 0 aliphatic carbocycles. The number of hydrogen-bond acceptors (Lipinski definition) is 4. The highest BCUT2D eigenvalue weighted by Gasteiger charge is 2.10. The smallest absolute Gasteiger partial charge is 0.160 e. The number of hydrogen-bond donors (Lipinski definition) is 0. The number of para-hydroxylation sites is 2. The van der Waals surface area contributed by atoms with Gasteiger partial charge in [-0.2, -0.15) is 5.10 Å². The van der Waals surface area contributed by atoms with E-state index in [2.05, 4.69) is 15.1 Å². The second kappa shape index (κ2) is 4.64. The van der Waals surface area contributed by atoms with Crippen molar-refractivity contribution < 1.29 is 4.79 Å². The summed E-state index contributed by atoms with van der Waals surface area (Å²) in [6.07, 6.45) is 3.43. The van der Waals surface area contributed by atoms with Crippen molar-refractivity contribution in [1.29, 1.82) is 0 Å². The van der Waals surface area contributed by atoms with Gasteiger partial charge in [0.1, 0.15) is 12.2 Å². The molecule has 0 saturated heterocycles. The minimum Gasteiger partial charge on any atom is -0.323 e. The van der Waals surface area contributed by atoms with Crippen LogP contribution in [-0.2, 0) is 24.8 Å². The molecule has 3 aromatic rings. The summed E-state index contributed by atoms with van der Waals surface area (Å²) >= 11 is 0. The molecule has 3 rings (SSSR count). The predicted molar refractivity (Wildman–Crippen MR) is 69.4 cm³/mol. The molecule has 0 atom stereocenters. The van der Waals surface area contributed by atoms with Crippen molar-refractivity contribution in [2.75, 3.05) is 0 Å². The second-order valence-electron chi connectivity index (χ2n) is 4.38. The summed E-state index contributed by atoms with van der Waals surface area (Å²) < 4.78 is 3.47.